The molecule has 0 amide bonds. The van der Waals surface area contributed by atoms with Crippen LogP contribution in [-0.2, 0) is 6.54 Å². The molecule has 19 heavy (non-hydrogen) atoms. The fourth-order valence-corrected chi connectivity index (χ4v) is 2.81. The molecule has 0 saturated carbocycles. The second-order valence-electron chi connectivity index (χ2n) is 6.57. The number of rotatable bonds is 3. The molecule has 1 aromatic rings. The molecule has 1 saturated heterocycles. The van der Waals surface area contributed by atoms with Crippen LogP contribution in [0.3, 0.4) is 0 Å². The summed E-state index contributed by atoms with van der Waals surface area (Å²) in [5.74, 6) is 0. The summed E-state index contributed by atoms with van der Waals surface area (Å²) in [6, 6.07) is 8.20. The van der Waals surface area contributed by atoms with Crippen molar-refractivity contribution in [2.24, 2.45) is 0 Å². The molecule has 2 nitrogen and oxygen atoms in total. The maximum absolute atomic E-state index is 6.09. The summed E-state index contributed by atoms with van der Waals surface area (Å²) in [7, 11) is 0. The Hall–Kier alpha value is -0.570. The highest BCUT2D eigenvalue weighted by atomic mass is 35.5. The molecule has 1 aliphatic rings. The van der Waals surface area contributed by atoms with Gasteiger partial charge in [-0.3, -0.25) is 4.90 Å². The van der Waals surface area contributed by atoms with Gasteiger partial charge in [-0.1, -0.05) is 30.7 Å². The molecule has 1 atom stereocenters. The van der Waals surface area contributed by atoms with Crippen LogP contribution in [0.1, 0.15) is 39.7 Å². The molecule has 1 aromatic carbocycles. The second kappa shape index (κ2) is 5.43. The van der Waals surface area contributed by atoms with Gasteiger partial charge in [0, 0.05) is 35.7 Å². The zero-order valence-electron chi connectivity index (χ0n) is 12.5. The zero-order chi connectivity index (χ0) is 14.1. The monoisotopic (exact) mass is 280 g/mol. The molecule has 106 valence electrons. The lowest BCUT2D eigenvalue weighted by atomic mass is 9.88. The van der Waals surface area contributed by atoms with Crippen molar-refractivity contribution in [3.8, 4) is 0 Å². The maximum atomic E-state index is 6.09. The van der Waals surface area contributed by atoms with E-state index in [1.54, 1.807) is 0 Å². The quantitative estimate of drug-likeness (QED) is 0.908. The van der Waals surface area contributed by atoms with E-state index in [1.165, 1.54) is 5.56 Å². The van der Waals surface area contributed by atoms with Crippen LogP contribution >= 0.6 is 11.6 Å². The maximum Gasteiger partial charge on any atom is 0.0409 e. The van der Waals surface area contributed by atoms with E-state index in [0.717, 1.165) is 31.1 Å². The van der Waals surface area contributed by atoms with Crippen LogP contribution in [0.4, 0.5) is 0 Å². The third-order valence-corrected chi connectivity index (χ3v) is 4.62. The highest BCUT2D eigenvalue weighted by molar-refractivity contribution is 6.30. The van der Waals surface area contributed by atoms with Crippen LogP contribution in [0, 0.1) is 0 Å². The van der Waals surface area contributed by atoms with Crippen LogP contribution in [-0.4, -0.2) is 29.1 Å². The number of hydrogen-bond donors (Lipinski definition) is 1. The Morgan fingerprint density at radius 1 is 1.32 bits per heavy atom. The standard InChI is InChI=1S/C16H25ClN2/c1-5-16(4)12-19(15(2,3)11-18-16)10-13-7-6-8-14(17)9-13/h6-9,18H,5,10-12H2,1-4H3. The smallest absolute Gasteiger partial charge is 0.0409 e. The lowest BCUT2D eigenvalue weighted by Gasteiger charge is -2.50. The van der Waals surface area contributed by atoms with Crippen molar-refractivity contribution in [1.29, 1.82) is 0 Å². The van der Waals surface area contributed by atoms with Gasteiger partial charge in [-0.2, -0.15) is 0 Å². The summed E-state index contributed by atoms with van der Waals surface area (Å²) >= 11 is 6.09. The average Bonchev–Trinajstić information content (AvgIpc) is 2.35. The molecule has 0 aromatic heterocycles. The molecule has 1 N–H and O–H groups in total. The van der Waals surface area contributed by atoms with Crippen LogP contribution in [0.25, 0.3) is 0 Å². The normalized spacial score (nSPS) is 27.4. The highest BCUT2D eigenvalue weighted by Crippen LogP contribution is 2.27. The minimum absolute atomic E-state index is 0.178. The van der Waals surface area contributed by atoms with Gasteiger partial charge in [0.25, 0.3) is 0 Å². The summed E-state index contributed by atoms with van der Waals surface area (Å²) in [5.41, 5.74) is 1.69. The Morgan fingerprint density at radius 2 is 2.05 bits per heavy atom. The Balaban J connectivity index is 2.16. The van der Waals surface area contributed by atoms with Gasteiger partial charge in [0.15, 0.2) is 0 Å². The van der Waals surface area contributed by atoms with E-state index in [-0.39, 0.29) is 11.1 Å². The molecule has 1 aliphatic heterocycles. The third-order valence-electron chi connectivity index (χ3n) is 4.39. The van der Waals surface area contributed by atoms with Gasteiger partial charge in [-0.15, -0.1) is 0 Å². The molecular formula is C16H25ClN2. The fourth-order valence-electron chi connectivity index (χ4n) is 2.60. The first kappa shape index (κ1) is 14.8. The Kier molecular flexibility index (Phi) is 4.24. The molecule has 2 rings (SSSR count). The molecule has 1 fully saturated rings. The molecule has 0 radical (unpaired) electrons. The number of halogens is 1. The highest BCUT2D eigenvalue weighted by Gasteiger charge is 2.38. The van der Waals surface area contributed by atoms with Crippen molar-refractivity contribution in [2.75, 3.05) is 13.1 Å². The third kappa shape index (κ3) is 3.50. The largest absolute Gasteiger partial charge is 0.308 e. The van der Waals surface area contributed by atoms with Crippen LogP contribution in [0.15, 0.2) is 24.3 Å². The topological polar surface area (TPSA) is 15.3 Å². The van der Waals surface area contributed by atoms with Crippen molar-refractivity contribution in [2.45, 2.75) is 51.7 Å². The Morgan fingerprint density at radius 3 is 2.68 bits per heavy atom. The summed E-state index contributed by atoms with van der Waals surface area (Å²) in [6.07, 6.45) is 1.15. The first-order valence-electron chi connectivity index (χ1n) is 7.09. The minimum Gasteiger partial charge on any atom is -0.308 e. The summed E-state index contributed by atoms with van der Waals surface area (Å²) < 4.78 is 0. The summed E-state index contributed by atoms with van der Waals surface area (Å²) in [5, 5.41) is 4.52. The molecular weight excluding hydrogens is 256 g/mol. The van der Waals surface area contributed by atoms with Gasteiger partial charge < -0.3 is 5.32 Å². The lowest BCUT2D eigenvalue weighted by Crippen LogP contribution is -2.66. The van der Waals surface area contributed by atoms with Gasteiger partial charge in [0.2, 0.25) is 0 Å². The van der Waals surface area contributed by atoms with Crippen molar-refractivity contribution in [3.63, 3.8) is 0 Å². The molecule has 0 bridgehead atoms. The van der Waals surface area contributed by atoms with Crippen LogP contribution in [0.2, 0.25) is 5.02 Å². The summed E-state index contributed by atoms with van der Waals surface area (Å²) in [4.78, 5) is 2.57. The molecule has 0 aliphatic carbocycles. The minimum atomic E-state index is 0.178. The Labute approximate surface area is 122 Å². The van der Waals surface area contributed by atoms with Gasteiger partial charge in [-0.25, -0.2) is 0 Å². The van der Waals surface area contributed by atoms with E-state index in [4.69, 9.17) is 11.6 Å². The molecule has 1 heterocycles. The van der Waals surface area contributed by atoms with Crippen LogP contribution in [0.5, 0.6) is 0 Å². The average molecular weight is 281 g/mol. The number of nitrogens with one attached hydrogen (secondary N) is 1. The van der Waals surface area contributed by atoms with Gasteiger partial charge in [-0.05, 0) is 44.9 Å². The first-order valence-corrected chi connectivity index (χ1v) is 7.47. The second-order valence-corrected chi connectivity index (χ2v) is 7.00. The van der Waals surface area contributed by atoms with Crippen molar-refractivity contribution in [3.05, 3.63) is 34.9 Å². The fraction of sp³-hybridized carbons (Fsp3) is 0.625. The van der Waals surface area contributed by atoms with E-state index < -0.39 is 0 Å². The molecule has 0 spiro atoms. The SMILES string of the molecule is CCC1(C)CN(Cc2cccc(Cl)c2)C(C)(C)CN1. The summed E-state index contributed by atoms with van der Waals surface area (Å²) in [6.45, 7) is 12.2. The predicted molar refractivity (Wildman–Crippen MR) is 82.6 cm³/mol. The van der Waals surface area contributed by atoms with E-state index in [1.807, 2.05) is 12.1 Å². The van der Waals surface area contributed by atoms with E-state index >= 15 is 0 Å². The van der Waals surface area contributed by atoms with Crippen molar-refractivity contribution in [1.82, 2.24) is 10.2 Å². The lowest BCUT2D eigenvalue weighted by molar-refractivity contribution is 0.0246. The Bertz CT molecular complexity index is 444. The van der Waals surface area contributed by atoms with E-state index in [9.17, 15) is 0 Å². The number of nitrogens with zero attached hydrogens (tertiary/aromatic N) is 1. The molecule has 1 unspecified atom stereocenters. The van der Waals surface area contributed by atoms with E-state index in [0.29, 0.717) is 0 Å². The predicted octanol–water partition coefficient (Wildman–Crippen LogP) is 3.69. The van der Waals surface area contributed by atoms with E-state index in [2.05, 4.69) is 50.0 Å². The van der Waals surface area contributed by atoms with Crippen molar-refractivity contribution < 1.29 is 0 Å². The number of piperazine rings is 1. The van der Waals surface area contributed by atoms with Gasteiger partial charge in [0.1, 0.15) is 0 Å². The number of hydrogen-bond acceptors (Lipinski definition) is 2. The molecule has 3 heteroatoms. The first-order chi connectivity index (χ1) is 8.85. The zero-order valence-corrected chi connectivity index (χ0v) is 13.2. The van der Waals surface area contributed by atoms with Gasteiger partial charge >= 0.3 is 0 Å². The van der Waals surface area contributed by atoms with Crippen molar-refractivity contribution >= 4 is 11.6 Å². The van der Waals surface area contributed by atoms with Gasteiger partial charge in [0.05, 0.1) is 0 Å². The number of benzene rings is 1. The van der Waals surface area contributed by atoms with Crippen LogP contribution < -0.4 is 5.32 Å².